The number of rotatable bonds is 3. The molecule has 1 N–H and O–H groups in total. The summed E-state index contributed by atoms with van der Waals surface area (Å²) in [4.78, 5) is 26.6. The SMILES string of the molecule is Cc1ccc(NC2CC(=O)N(c3c(C)cccc3C)C2=O)cc1C. The van der Waals surface area contributed by atoms with Gasteiger partial charge < -0.3 is 5.32 Å². The van der Waals surface area contributed by atoms with E-state index in [0.29, 0.717) is 0 Å². The summed E-state index contributed by atoms with van der Waals surface area (Å²) in [5, 5.41) is 3.22. The first-order valence-corrected chi connectivity index (χ1v) is 8.15. The molecular weight excluding hydrogens is 300 g/mol. The highest BCUT2D eigenvalue weighted by Gasteiger charge is 2.40. The Balaban J connectivity index is 1.88. The van der Waals surface area contributed by atoms with Crippen LogP contribution >= 0.6 is 0 Å². The van der Waals surface area contributed by atoms with Crippen molar-refractivity contribution < 1.29 is 9.59 Å². The maximum atomic E-state index is 12.8. The molecule has 24 heavy (non-hydrogen) atoms. The van der Waals surface area contributed by atoms with Crippen LogP contribution in [-0.2, 0) is 9.59 Å². The standard InChI is InChI=1S/C20H22N2O2/c1-12-8-9-16(10-15(12)4)21-17-11-18(23)22(20(17)24)19-13(2)6-5-7-14(19)3/h5-10,17,21H,11H2,1-4H3. The lowest BCUT2D eigenvalue weighted by Crippen LogP contribution is -2.35. The number of benzene rings is 2. The third-order valence-corrected chi connectivity index (χ3v) is 4.66. The summed E-state index contributed by atoms with van der Waals surface area (Å²) in [7, 11) is 0. The van der Waals surface area contributed by atoms with Crippen molar-refractivity contribution in [3.05, 3.63) is 58.7 Å². The maximum Gasteiger partial charge on any atom is 0.256 e. The first-order chi connectivity index (χ1) is 11.4. The minimum atomic E-state index is -0.515. The topological polar surface area (TPSA) is 49.4 Å². The lowest BCUT2D eigenvalue weighted by Gasteiger charge is -2.20. The molecule has 0 aromatic heterocycles. The predicted molar refractivity (Wildman–Crippen MR) is 96.4 cm³/mol. The monoisotopic (exact) mass is 322 g/mol. The summed E-state index contributed by atoms with van der Waals surface area (Å²) in [5.41, 5.74) is 5.81. The van der Waals surface area contributed by atoms with Gasteiger partial charge in [0, 0.05) is 5.69 Å². The van der Waals surface area contributed by atoms with Crippen molar-refractivity contribution in [2.45, 2.75) is 40.2 Å². The van der Waals surface area contributed by atoms with Gasteiger partial charge in [-0.05, 0) is 62.1 Å². The fraction of sp³-hybridized carbons (Fsp3) is 0.300. The average Bonchev–Trinajstić information content (AvgIpc) is 2.78. The molecule has 0 aliphatic carbocycles. The molecule has 1 saturated heterocycles. The molecule has 0 spiro atoms. The third kappa shape index (κ3) is 2.80. The molecule has 2 amide bonds. The smallest absolute Gasteiger partial charge is 0.256 e. The van der Waals surface area contributed by atoms with Crippen molar-refractivity contribution in [2.24, 2.45) is 0 Å². The summed E-state index contributed by atoms with van der Waals surface area (Å²) in [6, 6.07) is 11.2. The summed E-state index contributed by atoms with van der Waals surface area (Å²) >= 11 is 0. The maximum absolute atomic E-state index is 12.8. The van der Waals surface area contributed by atoms with Gasteiger partial charge in [-0.2, -0.15) is 0 Å². The Kier molecular flexibility index (Phi) is 4.14. The van der Waals surface area contributed by atoms with Gasteiger partial charge in [-0.15, -0.1) is 0 Å². The lowest BCUT2D eigenvalue weighted by molar-refractivity contribution is -0.121. The van der Waals surface area contributed by atoms with E-state index >= 15 is 0 Å². The Morgan fingerprint density at radius 3 is 2.21 bits per heavy atom. The number of carbonyl (C=O) groups is 2. The van der Waals surface area contributed by atoms with Gasteiger partial charge >= 0.3 is 0 Å². The lowest BCUT2D eigenvalue weighted by atomic mass is 10.1. The molecule has 1 unspecified atom stereocenters. The molecule has 0 bridgehead atoms. The summed E-state index contributed by atoms with van der Waals surface area (Å²) in [6.45, 7) is 7.93. The number of nitrogens with zero attached hydrogens (tertiary/aromatic N) is 1. The van der Waals surface area contributed by atoms with Gasteiger partial charge in [-0.1, -0.05) is 24.3 Å². The Labute approximate surface area is 142 Å². The van der Waals surface area contributed by atoms with Crippen molar-refractivity contribution in [2.75, 3.05) is 10.2 Å². The molecule has 1 fully saturated rings. The van der Waals surface area contributed by atoms with Crippen LogP contribution in [0.15, 0.2) is 36.4 Å². The number of nitrogens with one attached hydrogen (secondary N) is 1. The highest BCUT2D eigenvalue weighted by Crippen LogP contribution is 2.30. The zero-order valence-electron chi connectivity index (χ0n) is 14.5. The number of hydrogen-bond donors (Lipinski definition) is 1. The molecule has 3 rings (SSSR count). The zero-order chi connectivity index (χ0) is 17.4. The third-order valence-electron chi connectivity index (χ3n) is 4.66. The van der Waals surface area contributed by atoms with Gasteiger partial charge in [0.2, 0.25) is 5.91 Å². The van der Waals surface area contributed by atoms with Gasteiger partial charge in [-0.3, -0.25) is 9.59 Å². The van der Waals surface area contributed by atoms with Crippen LogP contribution < -0.4 is 10.2 Å². The van der Waals surface area contributed by atoms with Crippen molar-refractivity contribution in [3.8, 4) is 0 Å². The molecule has 1 atom stereocenters. The van der Waals surface area contributed by atoms with E-state index in [1.54, 1.807) is 0 Å². The van der Waals surface area contributed by atoms with Crippen molar-refractivity contribution >= 4 is 23.2 Å². The molecule has 1 aliphatic rings. The second kappa shape index (κ2) is 6.11. The number of amides is 2. The normalized spacial score (nSPS) is 17.5. The van der Waals surface area contributed by atoms with Crippen LogP contribution in [0, 0.1) is 27.7 Å². The Bertz CT molecular complexity index is 806. The van der Waals surface area contributed by atoms with Gasteiger partial charge in [-0.25, -0.2) is 4.90 Å². The highest BCUT2D eigenvalue weighted by atomic mass is 16.2. The van der Waals surface area contributed by atoms with E-state index in [1.165, 1.54) is 10.5 Å². The Morgan fingerprint density at radius 1 is 0.917 bits per heavy atom. The number of para-hydroxylation sites is 1. The van der Waals surface area contributed by atoms with Crippen LogP contribution in [0.2, 0.25) is 0 Å². The summed E-state index contributed by atoms with van der Waals surface area (Å²) in [6.07, 6.45) is 0.180. The Hall–Kier alpha value is -2.62. The van der Waals surface area contributed by atoms with E-state index in [-0.39, 0.29) is 18.2 Å². The van der Waals surface area contributed by atoms with Crippen LogP contribution in [0.25, 0.3) is 0 Å². The Morgan fingerprint density at radius 2 is 1.58 bits per heavy atom. The zero-order valence-corrected chi connectivity index (χ0v) is 14.5. The van der Waals surface area contributed by atoms with Gasteiger partial charge in [0.1, 0.15) is 6.04 Å². The van der Waals surface area contributed by atoms with Crippen LogP contribution in [-0.4, -0.2) is 17.9 Å². The molecule has 4 heteroatoms. The minimum Gasteiger partial charge on any atom is -0.373 e. The minimum absolute atomic E-state index is 0.154. The van der Waals surface area contributed by atoms with E-state index in [2.05, 4.69) is 5.32 Å². The molecular formula is C20H22N2O2. The molecule has 2 aromatic rings. The predicted octanol–water partition coefficient (Wildman–Crippen LogP) is 3.66. The van der Waals surface area contributed by atoms with Crippen LogP contribution in [0.1, 0.15) is 28.7 Å². The fourth-order valence-corrected chi connectivity index (χ4v) is 3.17. The van der Waals surface area contributed by atoms with Gasteiger partial charge in [0.05, 0.1) is 12.1 Å². The summed E-state index contributed by atoms with van der Waals surface area (Å²) in [5.74, 6) is -0.339. The van der Waals surface area contributed by atoms with Crippen LogP contribution in [0.3, 0.4) is 0 Å². The van der Waals surface area contributed by atoms with Crippen molar-refractivity contribution in [1.29, 1.82) is 0 Å². The van der Waals surface area contributed by atoms with E-state index in [1.807, 2.05) is 64.1 Å². The van der Waals surface area contributed by atoms with E-state index in [9.17, 15) is 9.59 Å². The number of anilines is 2. The van der Waals surface area contributed by atoms with Gasteiger partial charge in [0.25, 0.3) is 5.91 Å². The second-order valence-electron chi connectivity index (χ2n) is 6.51. The fourth-order valence-electron chi connectivity index (χ4n) is 3.17. The van der Waals surface area contributed by atoms with Crippen molar-refractivity contribution in [1.82, 2.24) is 0 Å². The molecule has 1 aliphatic heterocycles. The summed E-state index contributed by atoms with van der Waals surface area (Å²) < 4.78 is 0. The highest BCUT2D eigenvalue weighted by molar-refractivity contribution is 6.23. The van der Waals surface area contributed by atoms with Crippen molar-refractivity contribution in [3.63, 3.8) is 0 Å². The molecule has 0 saturated carbocycles. The van der Waals surface area contributed by atoms with Crippen LogP contribution in [0.5, 0.6) is 0 Å². The van der Waals surface area contributed by atoms with E-state index < -0.39 is 6.04 Å². The molecule has 1 heterocycles. The molecule has 124 valence electrons. The molecule has 0 radical (unpaired) electrons. The quantitative estimate of drug-likeness (QED) is 0.877. The van der Waals surface area contributed by atoms with Gasteiger partial charge in [0.15, 0.2) is 0 Å². The van der Waals surface area contributed by atoms with E-state index in [4.69, 9.17) is 0 Å². The first-order valence-electron chi connectivity index (χ1n) is 8.15. The number of carbonyl (C=O) groups excluding carboxylic acids is 2. The average molecular weight is 322 g/mol. The molecule has 2 aromatic carbocycles. The number of imide groups is 1. The molecule has 4 nitrogen and oxygen atoms in total. The second-order valence-corrected chi connectivity index (χ2v) is 6.51. The van der Waals surface area contributed by atoms with E-state index in [0.717, 1.165) is 28.1 Å². The number of aryl methyl sites for hydroxylation is 4. The number of hydrogen-bond acceptors (Lipinski definition) is 3. The first kappa shape index (κ1) is 16.2. The largest absolute Gasteiger partial charge is 0.373 e. The van der Waals surface area contributed by atoms with Crippen LogP contribution in [0.4, 0.5) is 11.4 Å².